The summed E-state index contributed by atoms with van der Waals surface area (Å²) in [6.45, 7) is -1.90. The molecule has 0 aliphatic heterocycles. The van der Waals surface area contributed by atoms with Gasteiger partial charge >= 0.3 is 11.9 Å². The van der Waals surface area contributed by atoms with Crippen LogP contribution in [0, 0.1) is 0 Å². The Kier molecular flexibility index (Phi) is 5.06. The van der Waals surface area contributed by atoms with Crippen LogP contribution in [0.3, 0.4) is 0 Å². The number of hydrogen-bond donors (Lipinski definition) is 2. The number of carbonyl (C=O) groups is 2. The van der Waals surface area contributed by atoms with Crippen LogP contribution < -0.4 is 4.74 Å². The largest absolute Gasteiger partial charge is 0.495 e. The van der Waals surface area contributed by atoms with Crippen LogP contribution in [0.1, 0.15) is 0 Å². The molecule has 0 spiro atoms. The second kappa shape index (κ2) is 6.35. The number of para-hydroxylation sites is 1. The summed E-state index contributed by atoms with van der Waals surface area (Å²) in [5.41, 5.74) is 0. The summed E-state index contributed by atoms with van der Waals surface area (Å²) in [5.74, 6) is -2.90. The van der Waals surface area contributed by atoms with E-state index in [1.165, 1.54) is 31.4 Å². The van der Waals surface area contributed by atoms with Crippen molar-refractivity contribution in [1.29, 1.82) is 0 Å². The number of rotatable bonds is 7. The predicted octanol–water partition coefficient (Wildman–Crippen LogP) is -0.145. The molecule has 0 heterocycles. The number of methoxy groups -OCH3 is 1. The van der Waals surface area contributed by atoms with E-state index in [2.05, 4.69) is 0 Å². The lowest BCUT2D eigenvalue weighted by molar-refractivity contribution is -0.139. The topological polar surface area (TPSA) is 121 Å². The molecule has 20 heavy (non-hydrogen) atoms. The number of carboxylic acids is 2. The Morgan fingerprint density at radius 2 is 1.65 bits per heavy atom. The van der Waals surface area contributed by atoms with Crippen molar-refractivity contribution in [3.05, 3.63) is 24.3 Å². The molecule has 0 aliphatic carbocycles. The molecular weight excluding hydrogens is 290 g/mol. The van der Waals surface area contributed by atoms with Crippen LogP contribution in [0.15, 0.2) is 29.2 Å². The highest BCUT2D eigenvalue weighted by molar-refractivity contribution is 7.89. The first kappa shape index (κ1) is 15.9. The molecule has 0 aromatic heterocycles. The van der Waals surface area contributed by atoms with Gasteiger partial charge in [-0.1, -0.05) is 12.1 Å². The van der Waals surface area contributed by atoms with Crippen LogP contribution in [-0.4, -0.2) is 55.1 Å². The molecular formula is C11H13NO7S. The number of sulfonamides is 1. The summed E-state index contributed by atoms with van der Waals surface area (Å²) >= 11 is 0. The highest BCUT2D eigenvalue weighted by atomic mass is 32.2. The Bertz CT molecular complexity index is 595. The zero-order valence-electron chi connectivity index (χ0n) is 10.5. The van der Waals surface area contributed by atoms with Gasteiger partial charge in [0.05, 0.1) is 7.11 Å². The van der Waals surface area contributed by atoms with Crippen molar-refractivity contribution in [1.82, 2.24) is 4.31 Å². The van der Waals surface area contributed by atoms with Crippen LogP contribution in [0.4, 0.5) is 0 Å². The fourth-order valence-corrected chi connectivity index (χ4v) is 2.99. The number of nitrogens with zero attached hydrogens (tertiary/aromatic N) is 1. The molecule has 0 saturated heterocycles. The number of ether oxygens (including phenoxy) is 1. The number of benzene rings is 1. The van der Waals surface area contributed by atoms with Crippen LogP contribution in [0.5, 0.6) is 5.75 Å². The quantitative estimate of drug-likeness (QED) is 0.718. The Morgan fingerprint density at radius 1 is 1.15 bits per heavy atom. The van der Waals surface area contributed by atoms with E-state index in [9.17, 15) is 18.0 Å². The smallest absolute Gasteiger partial charge is 0.318 e. The van der Waals surface area contributed by atoms with Gasteiger partial charge in [-0.05, 0) is 12.1 Å². The van der Waals surface area contributed by atoms with Gasteiger partial charge in [-0.2, -0.15) is 4.31 Å². The molecule has 0 radical (unpaired) electrons. The third-order valence-electron chi connectivity index (χ3n) is 2.31. The molecule has 0 fully saturated rings. The lowest BCUT2D eigenvalue weighted by Crippen LogP contribution is -2.39. The van der Waals surface area contributed by atoms with E-state index < -0.39 is 35.1 Å². The Hall–Kier alpha value is -2.13. The number of carboxylic acid groups (broad SMARTS) is 2. The minimum Gasteiger partial charge on any atom is -0.495 e. The molecule has 8 nitrogen and oxygen atoms in total. The SMILES string of the molecule is COc1ccccc1S(=O)(=O)N(CC(=O)O)CC(=O)O. The third-order valence-corrected chi connectivity index (χ3v) is 4.14. The highest BCUT2D eigenvalue weighted by Crippen LogP contribution is 2.25. The van der Waals surface area contributed by atoms with Gasteiger partial charge in [0.15, 0.2) is 0 Å². The van der Waals surface area contributed by atoms with Crippen LogP contribution in [0.25, 0.3) is 0 Å². The molecule has 1 aromatic rings. The van der Waals surface area contributed by atoms with Crippen molar-refractivity contribution in [2.45, 2.75) is 4.90 Å². The van der Waals surface area contributed by atoms with Crippen molar-refractivity contribution in [3.8, 4) is 5.75 Å². The molecule has 9 heteroatoms. The van der Waals surface area contributed by atoms with Crippen molar-refractivity contribution in [3.63, 3.8) is 0 Å². The zero-order valence-corrected chi connectivity index (χ0v) is 11.3. The molecule has 0 amide bonds. The Morgan fingerprint density at radius 3 is 2.10 bits per heavy atom. The third kappa shape index (κ3) is 3.68. The Labute approximate surface area is 115 Å². The van der Waals surface area contributed by atoms with Crippen LogP contribution in [0.2, 0.25) is 0 Å². The summed E-state index contributed by atoms with van der Waals surface area (Å²) in [6, 6.07) is 5.56. The predicted molar refractivity (Wildman–Crippen MR) is 67.0 cm³/mol. The molecule has 1 aromatic carbocycles. The van der Waals surface area contributed by atoms with Crippen LogP contribution in [-0.2, 0) is 19.6 Å². The van der Waals surface area contributed by atoms with Crippen molar-refractivity contribution in [2.75, 3.05) is 20.2 Å². The molecule has 110 valence electrons. The number of aliphatic carboxylic acids is 2. The lowest BCUT2D eigenvalue weighted by atomic mass is 10.3. The van der Waals surface area contributed by atoms with E-state index in [0.29, 0.717) is 4.31 Å². The second-order valence-corrected chi connectivity index (χ2v) is 5.62. The fraction of sp³-hybridized carbons (Fsp3) is 0.273. The normalized spacial score (nSPS) is 11.3. The van der Waals surface area contributed by atoms with Gasteiger partial charge in [0.25, 0.3) is 0 Å². The first-order valence-electron chi connectivity index (χ1n) is 5.35. The second-order valence-electron chi connectivity index (χ2n) is 3.71. The van der Waals surface area contributed by atoms with Gasteiger partial charge in [0.1, 0.15) is 23.7 Å². The van der Waals surface area contributed by atoms with Crippen LogP contribution >= 0.6 is 0 Å². The maximum Gasteiger partial charge on any atom is 0.318 e. The van der Waals surface area contributed by atoms with E-state index in [1.807, 2.05) is 0 Å². The summed E-state index contributed by atoms with van der Waals surface area (Å²) in [5, 5.41) is 17.4. The van der Waals surface area contributed by atoms with Gasteiger partial charge in [0.2, 0.25) is 10.0 Å². The summed E-state index contributed by atoms with van der Waals surface area (Å²) < 4.78 is 29.9. The van der Waals surface area contributed by atoms with E-state index in [-0.39, 0.29) is 10.6 Å². The molecule has 0 unspecified atom stereocenters. The number of hydrogen-bond acceptors (Lipinski definition) is 5. The Balaban J connectivity index is 3.28. The minimum atomic E-state index is -4.29. The molecule has 2 N–H and O–H groups in total. The first-order valence-corrected chi connectivity index (χ1v) is 6.79. The van der Waals surface area contributed by atoms with Crippen molar-refractivity contribution >= 4 is 22.0 Å². The highest BCUT2D eigenvalue weighted by Gasteiger charge is 2.30. The average molecular weight is 303 g/mol. The minimum absolute atomic E-state index is 0.00766. The summed E-state index contributed by atoms with van der Waals surface area (Å²) in [4.78, 5) is 21.1. The molecule has 0 saturated carbocycles. The standard InChI is InChI=1S/C11H13NO7S/c1-19-8-4-2-3-5-9(8)20(17,18)12(6-10(13)14)7-11(15)16/h2-5H,6-7H2,1H3,(H,13,14)(H,15,16). The fourth-order valence-electron chi connectivity index (χ4n) is 1.50. The van der Waals surface area contributed by atoms with Gasteiger partial charge in [-0.25, -0.2) is 8.42 Å². The van der Waals surface area contributed by atoms with E-state index in [0.717, 1.165) is 0 Å². The van der Waals surface area contributed by atoms with E-state index >= 15 is 0 Å². The van der Waals surface area contributed by atoms with Gasteiger partial charge < -0.3 is 14.9 Å². The average Bonchev–Trinajstić information content (AvgIpc) is 2.36. The van der Waals surface area contributed by atoms with E-state index in [1.54, 1.807) is 0 Å². The summed E-state index contributed by atoms with van der Waals surface area (Å²) in [7, 11) is -3.03. The van der Waals surface area contributed by atoms with Gasteiger partial charge in [-0.3, -0.25) is 9.59 Å². The lowest BCUT2D eigenvalue weighted by Gasteiger charge is -2.19. The molecule has 0 aliphatic rings. The maximum atomic E-state index is 12.3. The molecule has 1 rings (SSSR count). The van der Waals surface area contributed by atoms with Gasteiger partial charge in [-0.15, -0.1) is 0 Å². The monoisotopic (exact) mass is 303 g/mol. The zero-order chi connectivity index (χ0) is 15.3. The van der Waals surface area contributed by atoms with Gasteiger partial charge in [0, 0.05) is 0 Å². The van der Waals surface area contributed by atoms with Crippen molar-refractivity contribution in [2.24, 2.45) is 0 Å². The molecule has 0 atom stereocenters. The maximum absolute atomic E-state index is 12.3. The van der Waals surface area contributed by atoms with Crippen molar-refractivity contribution < 1.29 is 33.0 Å². The summed E-state index contributed by atoms with van der Waals surface area (Å²) in [6.07, 6.45) is 0. The van der Waals surface area contributed by atoms with E-state index in [4.69, 9.17) is 14.9 Å². The first-order chi connectivity index (χ1) is 9.28. The molecule has 0 bridgehead atoms.